The van der Waals surface area contributed by atoms with E-state index >= 15 is 0 Å². The van der Waals surface area contributed by atoms with Gasteiger partial charge in [0.15, 0.2) is 0 Å². The van der Waals surface area contributed by atoms with Crippen LogP contribution in [0.3, 0.4) is 0 Å². The molecule has 0 aliphatic heterocycles. The van der Waals surface area contributed by atoms with Crippen LogP contribution >= 0.6 is 0 Å². The smallest absolute Gasteiger partial charge is 0.341 e. The van der Waals surface area contributed by atoms with Crippen LogP contribution in [-0.2, 0) is 66.8 Å². The minimum Gasteiger partial charge on any atom is -0.465 e. The molecule has 71 heavy (non-hydrogen) atoms. The Hall–Kier alpha value is -7.12. The number of benzene rings is 2. The standard InChI is InChI=1S/C51H60O20/c1-7-43(53)64-26-29(3)67-45(55)32-12-18-36(19-13-32)49(59)71-42-23-21-38(25-40(42)51(61)63-6)69-47(57)34-16-14-33(15-17-34)46(56)68-37-20-22-41(39(24-37)50(60)62-5)70-48(58)35-10-8-31(9-11-35)44(54)65-27-28(2)66-30(4)52/h7,20-25,28-29,31-36H,1,8-19,26-27H2,2-6H3. The van der Waals surface area contributed by atoms with Crippen LogP contribution in [0.1, 0.15) is 119 Å². The zero-order chi connectivity index (χ0) is 51.8. The van der Waals surface area contributed by atoms with E-state index in [0.29, 0.717) is 51.4 Å². The molecule has 0 amide bonds. The molecule has 2 atom stereocenters. The summed E-state index contributed by atoms with van der Waals surface area (Å²) in [5.41, 5.74) is -0.316. The zero-order valence-electron chi connectivity index (χ0n) is 40.4. The third kappa shape index (κ3) is 15.9. The Morgan fingerprint density at radius 1 is 0.493 bits per heavy atom. The first kappa shape index (κ1) is 54.8. The van der Waals surface area contributed by atoms with E-state index in [1.165, 1.54) is 43.3 Å². The van der Waals surface area contributed by atoms with Gasteiger partial charge in [-0.3, -0.25) is 33.6 Å². The number of hydrogen-bond acceptors (Lipinski definition) is 20. The van der Waals surface area contributed by atoms with Gasteiger partial charge in [0.25, 0.3) is 0 Å². The molecule has 20 heteroatoms. The lowest BCUT2D eigenvalue weighted by Gasteiger charge is -2.27. The molecule has 2 unspecified atom stereocenters. The fourth-order valence-corrected chi connectivity index (χ4v) is 8.56. The molecular weight excluding hydrogens is 933 g/mol. The lowest BCUT2D eigenvalue weighted by molar-refractivity contribution is -0.161. The van der Waals surface area contributed by atoms with E-state index in [2.05, 4.69) is 6.58 Å². The molecule has 3 aliphatic rings. The Balaban J connectivity index is 1.08. The molecule has 0 aromatic heterocycles. The van der Waals surface area contributed by atoms with Gasteiger partial charge in [-0.15, -0.1) is 0 Å². The average molecular weight is 993 g/mol. The SMILES string of the molecule is C=CC(=O)OCC(C)OC(=O)C1CCC(C(=O)Oc2ccc(OC(=O)C3CCC(C(=O)Oc4ccc(OC(=O)C5CCC(C(=O)OCC(C)OC(C)=O)CC5)c(C(=O)OC)c4)CC3)cc2C(=O)OC)CC1. The maximum absolute atomic E-state index is 13.3. The Bertz CT molecular complexity index is 2310. The van der Waals surface area contributed by atoms with Crippen LogP contribution in [0.25, 0.3) is 0 Å². The molecular formula is C51H60O20. The van der Waals surface area contributed by atoms with Crippen molar-refractivity contribution in [3.63, 3.8) is 0 Å². The normalized spacial score (nSPS) is 21.5. The number of hydrogen-bond donors (Lipinski definition) is 0. The molecule has 3 saturated carbocycles. The van der Waals surface area contributed by atoms with Crippen LogP contribution in [-0.4, -0.2) is 99.3 Å². The summed E-state index contributed by atoms with van der Waals surface area (Å²) < 4.78 is 52.8. The van der Waals surface area contributed by atoms with Crippen molar-refractivity contribution in [2.75, 3.05) is 27.4 Å². The maximum Gasteiger partial charge on any atom is 0.341 e. The van der Waals surface area contributed by atoms with Crippen molar-refractivity contribution in [3.05, 3.63) is 60.2 Å². The third-order valence-electron chi connectivity index (χ3n) is 12.5. The van der Waals surface area contributed by atoms with Crippen molar-refractivity contribution in [1.82, 2.24) is 0 Å². The molecule has 384 valence electrons. The highest BCUT2D eigenvalue weighted by Gasteiger charge is 2.36. The number of esters is 10. The second-order valence-corrected chi connectivity index (χ2v) is 17.8. The predicted octanol–water partition coefficient (Wildman–Crippen LogP) is 6.16. The Kier molecular flexibility index (Phi) is 20.2. The molecule has 2 aromatic carbocycles. The molecule has 2 aromatic rings. The first-order valence-electron chi connectivity index (χ1n) is 23.5. The van der Waals surface area contributed by atoms with E-state index in [1.54, 1.807) is 13.8 Å². The van der Waals surface area contributed by atoms with Crippen LogP contribution in [0.4, 0.5) is 0 Å². The second kappa shape index (κ2) is 26.2. The van der Waals surface area contributed by atoms with Crippen molar-refractivity contribution < 1.29 is 95.3 Å². The molecule has 3 fully saturated rings. The van der Waals surface area contributed by atoms with Gasteiger partial charge < -0.3 is 47.4 Å². The summed E-state index contributed by atoms with van der Waals surface area (Å²) in [6, 6.07) is 7.85. The van der Waals surface area contributed by atoms with E-state index < -0.39 is 107 Å². The van der Waals surface area contributed by atoms with Gasteiger partial charge in [-0.1, -0.05) is 6.58 Å². The van der Waals surface area contributed by atoms with Crippen LogP contribution < -0.4 is 18.9 Å². The monoisotopic (exact) mass is 992 g/mol. The highest BCUT2D eigenvalue weighted by atomic mass is 16.6. The summed E-state index contributed by atoms with van der Waals surface area (Å²) in [7, 11) is 2.29. The summed E-state index contributed by atoms with van der Waals surface area (Å²) >= 11 is 0. The van der Waals surface area contributed by atoms with E-state index in [0.717, 1.165) is 20.3 Å². The predicted molar refractivity (Wildman–Crippen MR) is 243 cm³/mol. The van der Waals surface area contributed by atoms with Crippen molar-refractivity contribution >= 4 is 59.7 Å². The van der Waals surface area contributed by atoms with Gasteiger partial charge in [-0.05, 0) is 127 Å². The van der Waals surface area contributed by atoms with Crippen LogP contribution in [0, 0.1) is 35.5 Å². The second-order valence-electron chi connectivity index (χ2n) is 17.8. The van der Waals surface area contributed by atoms with E-state index in [-0.39, 0.29) is 73.0 Å². The first-order chi connectivity index (χ1) is 33.9. The Morgan fingerprint density at radius 3 is 1.20 bits per heavy atom. The molecule has 0 spiro atoms. The maximum atomic E-state index is 13.3. The Labute approximate surface area is 410 Å². The van der Waals surface area contributed by atoms with Crippen molar-refractivity contribution in [1.29, 1.82) is 0 Å². The summed E-state index contributed by atoms with van der Waals surface area (Å²) in [6.07, 6.45) is 3.55. The van der Waals surface area contributed by atoms with Gasteiger partial charge >= 0.3 is 59.7 Å². The number of ether oxygens (including phenoxy) is 10. The quantitative estimate of drug-likeness (QED) is 0.0660. The molecule has 0 heterocycles. The fraction of sp³-hybridized carbons (Fsp3) is 0.529. The highest BCUT2D eigenvalue weighted by Crippen LogP contribution is 2.36. The number of carbonyl (C=O) groups excluding carboxylic acids is 10. The van der Waals surface area contributed by atoms with Gasteiger partial charge in [-0.2, -0.15) is 0 Å². The van der Waals surface area contributed by atoms with Gasteiger partial charge in [0.1, 0.15) is 59.5 Å². The molecule has 0 N–H and O–H groups in total. The number of carbonyl (C=O) groups is 10. The van der Waals surface area contributed by atoms with Crippen molar-refractivity contribution in [2.24, 2.45) is 35.5 Å². The fourth-order valence-electron chi connectivity index (χ4n) is 8.56. The molecule has 5 rings (SSSR count). The summed E-state index contributed by atoms with van der Waals surface area (Å²) in [6.45, 7) is 7.57. The van der Waals surface area contributed by atoms with Crippen molar-refractivity contribution in [3.8, 4) is 23.0 Å². The highest BCUT2D eigenvalue weighted by molar-refractivity contribution is 5.95. The van der Waals surface area contributed by atoms with Crippen LogP contribution in [0.2, 0.25) is 0 Å². The largest absolute Gasteiger partial charge is 0.465 e. The van der Waals surface area contributed by atoms with E-state index in [4.69, 9.17) is 47.4 Å². The minimum atomic E-state index is -0.847. The lowest BCUT2D eigenvalue weighted by atomic mass is 9.82. The van der Waals surface area contributed by atoms with Gasteiger partial charge in [0.05, 0.1) is 49.7 Å². The van der Waals surface area contributed by atoms with Gasteiger partial charge in [0, 0.05) is 13.0 Å². The summed E-state index contributed by atoms with van der Waals surface area (Å²) in [4.78, 5) is 126. The van der Waals surface area contributed by atoms with Crippen molar-refractivity contribution in [2.45, 2.75) is 110 Å². The zero-order valence-corrected chi connectivity index (χ0v) is 40.4. The van der Waals surface area contributed by atoms with Gasteiger partial charge in [-0.25, -0.2) is 14.4 Å². The summed E-state index contributed by atoms with van der Waals surface area (Å²) in [5.74, 6) is -9.61. The van der Waals surface area contributed by atoms with Crippen LogP contribution in [0.15, 0.2) is 49.1 Å². The Morgan fingerprint density at radius 2 is 0.831 bits per heavy atom. The third-order valence-corrected chi connectivity index (χ3v) is 12.5. The summed E-state index contributed by atoms with van der Waals surface area (Å²) in [5, 5.41) is 0. The molecule has 0 saturated heterocycles. The topological polar surface area (TPSA) is 263 Å². The van der Waals surface area contributed by atoms with E-state index in [9.17, 15) is 47.9 Å². The molecule has 0 bridgehead atoms. The first-order valence-corrected chi connectivity index (χ1v) is 23.5. The molecule has 0 radical (unpaired) electrons. The number of methoxy groups -OCH3 is 2. The molecule has 3 aliphatic carbocycles. The van der Waals surface area contributed by atoms with Gasteiger partial charge in [0.2, 0.25) is 0 Å². The lowest BCUT2D eigenvalue weighted by Crippen LogP contribution is -2.32. The molecule has 20 nitrogen and oxygen atoms in total. The van der Waals surface area contributed by atoms with Crippen LogP contribution in [0.5, 0.6) is 23.0 Å². The number of rotatable bonds is 19. The van der Waals surface area contributed by atoms with E-state index in [1.807, 2.05) is 0 Å². The minimum absolute atomic E-state index is 0.00284. The average Bonchev–Trinajstić information content (AvgIpc) is 3.37.